The zero-order valence-corrected chi connectivity index (χ0v) is 13.2. The SMILES string of the molecule is CCC1CCC(NC2CCCN(c3ncccn3)C2)CC1. The smallest absolute Gasteiger partial charge is 0.225 e. The van der Waals surface area contributed by atoms with Crippen LogP contribution in [-0.4, -0.2) is 35.1 Å². The van der Waals surface area contributed by atoms with E-state index in [1.54, 1.807) is 0 Å². The second-order valence-electron chi connectivity index (χ2n) is 6.63. The first-order valence-corrected chi connectivity index (χ1v) is 8.63. The third-order valence-electron chi connectivity index (χ3n) is 5.15. The van der Waals surface area contributed by atoms with Crippen molar-refractivity contribution in [1.29, 1.82) is 0 Å². The number of anilines is 1. The molecule has 4 nitrogen and oxygen atoms in total. The molecule has 1 saturated heterocycles. The van der Waals surface area contributed by atoms with Gasteiger partial charge in [-0.2, -0.15) is 0 Å². The molecular formula is C17H28N4. The Morgan fingerprint density at radius 1 is 1.10 bits per heavy atom. The van der Waals surface area contributed by atoms with E-state index in [1.165, 1.54) is 44.9 Å². The third kappa shape index (κ3) is 3.94. The third-order valence-corrected chi connectivity index (χ3v) is 5.15. The Labute approximate surface area is 128 Å². The lowest BCUT2D eigenvalue weighted by Gasteiger charge is -2.37. The van der Waals surface area contributed by atoms with Crippen molar-refractivity contribution in [2.75, 3.05) is 18.0 Å². The van der Waals surface area contributed by atoms with Crippen molar-refractivity contribution < 1.29 is 0 Å². The highest BCUT2D eigenvalue weighted by atomic mass is 15.3. The van der Waals surface area contributed by atoms with E-state index in [9.17, 15) is 0 Å². The summed E-state index contributed by atoms with van der Waals surface area (Å²) in [7, 11) is 0. The Kier molecular flexibility index (Phi) is 5.07. The maximum Gasteiger partial charge on any atom is 0.225 e. The molecule has 1 aliphatic carbocycles. The molecule has 1 saturated carbocycles. The number of aromatic nitrogens is 2. The molecule has 1 N–H and O–H groups in total. The molecule has 2 fully saturated rings. The summed E-state index contributed by atoms with van der Waals surface area (Å²) in [4.78, 5) is 11.1. The first kappa shape index (κ1) is 14.8. The molecule has 4 heteroatoms. The van der Waals surface area contributed by atoms with Gasteiger partial charge in [-0.15, -0.1) is 0 Å². The number of nitrogens with zero attached hydrogens (tertiary/aromatic N) is 3. The molecule has 1 aromatic rings. The molecule has 0 amide bonds. The van der Waals surface area contributed by atoms with Gasteiger partial charge in [0.25, 0.3) is 0 Å². The van der Waals surface area contributed by atoms with Crippen LogP contribution in [0.25, 0.3) is 0 Å². The predicted molar refractivity (Wildman–Crippen MR) is 86.4 cm³/mol. The molecule has 1 unspecified atom stereocenters. The average molecular weight is 288 g/mol. The maximum absolute atomic E-state index is 4.39. The molecule has 2 heterocycles. The molecule has 1 atom stereocenters. The first-order valence-electron chi connectivity index (χ1n) is 8.63. The molecule has 0 bridgehead atoms. The molecule has 0 spiro atoms. The van der Waals surface area contributed by atoms with Crippen LogP contribution in [-0.2, 0) is 0 Å². The van der Waals surface area contributed by atoms with Crippen molar-refractivity contribution in [2.45, 2.75) is 64.0 Å². The number of piperidine rings is 1. The van der Waals surface area contributed by atoms with Gasteiger partial charge in [0, 0.05) is 37.6 Å². The van der Waals surface area contributed by atoms with Crippen LogP contribution in [0.4, 0.5) is 5.95 Å². The Morgan fingerprint density at radius 2 is 1.86 bits per heavy atom. The zero-order valence-electron chi connectivity index (χ0n) is 13.2. The topological polar surface area (TPSA) is 41.0 Å². The lowest BCUT2D eigenvalue weighted by atomic mass is 9.84. The van der Waals surface area contributed by atoms with Gasteiger partial charge >= 0.3 is 0 Å². The van der Waals surface area contributed by atoms with Crippen molar-refractivity contribution in [3.05, 3.63) is 18.5 Å². The fourth-order valence-corrected chi connectivity index (χ4v) is 3.82. The van der Waals surface area contributed by atoms with E-state index in [-0.39, 0.29) is 0 Å². The molecule has 0 aromatic carbocycles. The van der Waals surface area contributed by atoms with Crippen LogP contribution in [0.2, 0.25) is 0 Å². The molecule has 1 aromatic heterocycles. The monoisotopic (exact) mass is 288 g/mol. The van der Waals surface area contributed by atoms with Gasteiger partial charge in [-0.1, -0.05) is 13.3 Å². The summed E-state index contributed by atoms with van der Waals surface area (Å²) >= 11 is 0. The quantitative estimate of drug-likeness (QED) is 0.924. The molecule has 1 aliphatic heterocycles. The van der Waals surface area contributed by atoms with Gasteiger partial charge in [0.05, 0.1) is 0 Å². The summed E-state index contributed by atoms with van der Waals surface area (Å²) in [6.07, 6.45) is 13.1. The number of nitrogens with one attached hydrogen (secondary N) is 1. The highest BCUT2D eigenvalue weighted by Gasteiger charge is 2.26. The second-order valence-corrected chi connectivity index (χ2v) is 6.63. The van der Waals surface area contributed by atoms with E-state index >= 15 is 0 Å². The summed E-state index contributed by atoms with van der Waals surface area (Å²) < 4.78 is 0. The summed E-state index contributed by atoms with van der Waals surface area (Å²) in [5, 5.41) is 3.90. The van der Waals surface area contributed by atoms with E-state index in [4.69, 9.17) is 0 Å². The van der Waals surface area contributed by atoms with Crippen molar-refractivity contribution >= 4 is 5.95 Å². The molecule has 116 valence electrons. The Balaban J connectivity index is 1.50. The fourth-order valence-electron chi connectivity index (χ4n) is 3.82. The maximum atomic E-state index is 4.39. The Morgan fingerprint density at radius 3 is 2.57 bits per heavy atom. The highest BCUT2D eigenvalue weighted by Crippen LogP contribution is 2.27. The first-order chi connectivity index (χ1) is 10.3. The predicted octanol–water partition coefficient (Wildman–Crippen LogP) is 3.00. The van der Waals surface area contributed by atoms with E-state index < -0.39 is 0 Å². The van der Waals surface area contributed by atoms with Crippen molar-refractivity contribution in [2.24, 2.45) is 5.92 Å². The van der Waals surface area contributed by atoms with Crippen LogP contribution in [0.1, 0.15) is 51.9 Å². The van der Waals surface area contributed by atoms with Gasteiger partial charge in [-0.05, 0) is 50.5 Å². The summed E-state index contributed by atoms with van der Waals surface area (Å²) in [5.74, 6) is 1.86. The largest absolute Gasteiger partial charge is 0.339 e. The molecule has 2 aliphatic rings. The second kappa shape index (κ2) is 7.21. The summed E-state index contributed by atoms with van der Waals surface area (Å²) in [5.41, 5.74) is 0. The summed E-state index contributed by atoms with van der Waals surface area (Å²) in [6, 6.07) is 3.22. The highest BCUT2D eigenvalue weighted by molar-refractivity contribution is 5.29. The Hall–Kier alpha value is -1.16. The molecular weight excluding hydrogens is 260 g/mol. The number of rotatable bonds is 4. The lowest BCUT2D eigenvalue weighted by Crippen LogP contribution is -2.50. The average Bonchev–Trinajstić information content (AvgIpc) is 2.57. The van der Waals surface area contributed by atoms with Crippen LogP contribution in [0.15, 0.2) is 18.5 Å². The van der Waals surface area contributed by atoms with Crippen LogP contribution >= 0.6 is 0 Å². The minimum Gasteiger partial charge on any atom is -0.339 e. The van der Waals surface area contributed by atoms with E-state index in [0.717, 1.165) is 31.0 Å². The minimum atomic E-state index is 0.603. The van der Waals surface area contributed by atoms with Gasteiger partial charge in [-0.3, -0.25) is 0 Å². The van der Waals surface area contributed by atoms with E-state index in [2.05, 4.69) is 27.1 Å². The van der Waals surface area contributed by atoms with Crippen molar-refractivity contribution in [3.8, 4) is 0 Å². The van der Waals surface area contributed by atoms with Gasteiger partial charge in [-0.25, -0.2) is 9.97 Å². The number of hydrogen-bond acceptors (Lipinski definition) is 4. The Bertz CT molecular complexity index is 414. The van der Waals surface area contributed by atoms with Crippen molar-refractivity contribution in [1.82, 2.24) is 15.3 Å². The minimum absolute atomic E-state index is 0.603. The normalized spacial score (nSPS) is 30.3. The lowest BCUT2D eigenvalue weighted by molar-refractivity contribution is 0.258. The van der Waals surface area contributed by atoms with Crippen LogP contribution in [0, 0.1) is 5.92 Å². The van der Waals surface area contributed by atoms with E-state index in [1.807, 2.05) is 18.5 Å². The molecule has 3 rings (SSSR count). The molecule has 0 radical (unpaired) electrons. The van der Waals surface area contributed by atoms with Gasteiger partial charge in [0.1, 0.15) is 0 Å². The van der Waals surface area contributed by atoms with Gasteiger partial charge < -0.3 is 10.2 Å². The molecule has 21 heavy (non-hydrogen) atoms. The fraction of sp³-hybridized carbons (Fsp3) is 0.765. The van der Waals surface area contributed by atoms with Gasteiger partial charge in [0.2, 0.25) is 5.95 Å². The van der Waals surface area contributed by atoms with Crippen LogP contribution in [0.5, 0.6) is 0 Å². The van der Waals surface area contributed by atoms with Crippen LogP contribution in [0.3, 0.4) is 0 Å². The summed E-state index contributed by atoms with van der Waals surface area (Å²) in [6.45, 7) is 4.47. The van der Waals surface area contributed by atoms with Gasteiger partial charge in [0.15, 0.2) is 0 Å². The number of hydrogen-bond donors (Lipinski definition) is 1. The standard InChI is InChI=1S/C17H28N4/c1-2-14-6-8-15(9-7-14)20-16-5-3-12-21(13-16)17-18-10-4-11-19-17/h4,10-11,14-16,20H,2-3,5-9,12-13H2,1H3. The van der Waals surface area contributed by atoms with Crippen molar-refractivity contribution in [3.63, 3.8) is 0 Å². The van der Waals surface area contributed by atoms with E-state index in [0.29, 0.717) is 6.04 Å². The zero-order chi connectivity index (χ0) is 14.5. The van der Waals surface area contributed by atoms with Crippen LogP contribution < -0.4 is 10.2 Å².